The molecule has 204 valence electrons. The summed E-state index contributed by atoms with van der Waals surface area (Å²) in [6.07, 6.45) is 0.379. The Morgan fingerprint density at radius 3 is 2.58 bits per heavy atom. The summed E-state index contributed by atoms with van der Waals surface area (Å²) in [6, 6.07) is 4.12. The van der Waals surface area contributed by atoms with Gasteiger partial charge in [-0.2, -0.15) is 13.5 Å². The number of aromatic nitrogens is 1. The van der Waals surface area contributed by atoms with E-state index in [4.69, 9.17) is 37.2 Å². The molecule has 1 aromatic carbocycles. The lowest BCUT2D eigenvalue weighted by Gasteiger charge is -2.42. The SMILES string of the molecule is C[C@H]1[C@H](NC(=O)/C(=N\OCCOc2ccc(/C(N)=N/NC=O)cc2)c2nc(N)sc2Cl)C(=O)N1S(=O)(=O)O. The number of carbonyl (C=O) groups excluding carboxylic acids is 3. The van der Waals surface area contributed by atoms with Crippen molar-refractivity contribution in [1.29, 1.82) is 0 Å². The third-order valence-electron chi connectivity index (χ3n) is 4.90. The van der Waals surface area contributed by atoms with Crippen LogP contribution in [0.25, 0.3) is 0 Å². The van der Waals surface area contributed by atoms with Gasteiger partial charge in [-0.15, -0.1) is 0 Å². The minimum atomic E-state index is -4.78. The first-order valence-electron chi connectivity index (χ1n) is 10.4. The van der Waals surface area contributed by atoms with E-state index in [1.807, 2.05) is 0 Å². The predicted molar refractivity (Wildman–Crippen MR) is 136 cm³/mol. The summed E-state index contributed by atoms with van der Waals surface area (Å²) >= 11 is 6.97. The lowest BCUT2D eigenvalue weighted by molar-refractivity contribution is -0.143. The molecular weight excluding hydrogens is 568 g/mol. The summed E-state index contributed by atoms with van der Waals surface area (Å²) in [4.78, 5) is 44.4. The Kier molecular flexibility index (Phi) is 9.04. The number of nitrogens with zero attached hydrogens (tertiary/aromatic N) is 4. The Balaban J connectivity index is 1.63. The number of rotatable bonds is 12. The van der Waals surface area contributed by atoms with Crippen molar-refractivity contribution >= 4 is 68.1 Å². The fourth-order valence-corrected chi connectivity index (χ4v) is 4.97. The molecule has 2 aromatic rings. The Labute approximate surface area is 224 Å². The molecule has 1 aromatic heterocycles. The number of thiazole rings is 1. The van der Waals surface area contributed by atoms with Gasteiger partial charge >= 0.3 is 10.3 Å². The molecule has 0 radical (unpaired) electrons. The quantitative estimate of drug-likeness (QED) is 0.0385. The standard InChI is InChI=1S/C19H21ClN8O8S2/c1-9-12(18(31)28(9)38(32,33)34)24-17(30)14(13-15(20)37-19(22)25-13)27-36-7-6-35-11-4-2-10(3-5-11)16(21)26-23-8-29/h2-5,8-9,12H,6-7H2,1H3,(H2,21,26)(H2,22,25)(H,23,29)(H,24,30)(H,32,33,34)/b27-14-/t9-,12-/m0/s1. The number of oxime groups is 1. The van der Waals surface area contributed by atoms with E-state index in [-0.39, 0.29) is 38.5 Å². The summed E-state index contributed by atoms with van der Waals surface area (Å²) in [7, 11) is -4.78. The smallest absolute Gasteiger partial charge is 0.362 e. The Hall–Kier alpha value is -4.00. The second-order valence-electron chi connectivity index (χ2n) is 7.37. The third-order valence-corrected chi connectivity index (χ3v) is 6.99. The first-order chi connectivity index (χ1) is 17.9. The third kappa shape index (κ3) is 6.65. The molecule has 38 heavy (non-hydrogen) atoms. The summed E-state index contributed by atoms with van der Waals surface area (Å²) in [6.45, 7) is 1.19. The number of nitrogens with two attached hydrogens (primary N) is 2. The maximum absolute atomic E-state index is 12.9. The molecule has 3 rings (SSSR count). The Bertz CT molecular complexity index is 1380. The van der Waals surface area contributed by atoms with Gasteiger partial charge in [0, 0.05) is 5.56 Å². The van der Waals surface area contributed by atoms with E-state index < -0.39 is 39.9 Å². The molecular formula is C19H21ClN8O8S2. The first kappa shape index (κ1) is 28.6. The highest BCUT2D eigenvalue weighted by atomic mass is 35.5. The number of anilines is 1. The maximum atomic E-state index is 12.9. The number of β-lactam (4-membered cyclic amide) rings is 1. The number of hydrogen-bond donors (Lipinski definition) is 5. The molecule has 3 amide bonds. The average Bonchev–Trinajstić information content (AvgIpc) is 3.19. The van der Waals surface area contributed by atoms with Crippen molar-refractivity contribution in [1.82, 2.24) is 20.0 Å². The minimum absolute atomic E-state index is 0.00240. The molecule has 0 unspecified atom stereocenters. The van der Waals surface area contributed by atoms with Crippen LogP contribution in [0.1, 0.15) is 18.2 Å². The first-order valence-corrected chi connectivity index (χ1v) is 13.0. The zero-order valence-corrected chi connectivity index (χ0v) is 21.8. The highest BCUT2D eigenvalue weighted by Gasteiger charge is 2.51. The molecule has 1 aliphatic heterocycles. The second-order valence-corrected chi connectivity index (χ2v) is 10.3. The van der Waals surface area contributed by atoms with E-state index in [1.54, 1.807) is 24.3 Å². The van der Waals surface area contributed by atoms with E-state index in [9.17, 15) is 22.8 Å². The number of nitrogens with one attached hydrogen (secondary N) is 2. The number of halogens is 1. The van der Waals surface area contributed by atoms with Crippen LogP contribution in [-0.4, -0.2) is 77.3 Å². The van der Waals surface area contributed by atoms with Crippen molar-refractivity contribution in [3.05, 3.63) is 39.9 Å². The number of benzene rings is 1. The van der Waals surface area contributed by atoms with Crippen molar-refractivity contribution in [3.63, 3.8) is 0 Å². The minimum Gasteiger partial charge on any atom is -0.490 e. The number of amidine groups is 1. The predicted octanol–water partition coefficient (Wildman–Crippen LogP) is -0.937. The zero-order valence-electron chi connectivity index (χ0n) is 19.4. The fourth-order valence-electron chi connectivity index (χ4n) is 3.16. The number of hydrogen-bond acceptors (Lipinski definition) is 12. The van der Waals surface area contributed by atoms with Crippen molar-refractivity contribution in [3.8, 4) is 5.75 Å². The van der Waals surface area contributed by atoms with Crippen LogP contribution in [-0.2, 0) is 29.5 Å². The lowest BCUT2D eigenvalue weighted by Crippen LogP contribution is -2.71. The molecule has 1 saturated heterocycles. The molecule has 1 fully saturated rings. The Morgan fingerprint density at radius 2 is 2.03 bits per heavy atom. The van der Waals surface area contributed by atoms with Gasteiger partial charge in [-0.25, -0.2) is 14.7 Å². The van der Waals surface area contributed by atoms with Crippen molar-refractivity contribution in [2.75, 3.05) is 18.9 Å². The van der Waals surface area contributed by atoms with Gasteiger partial charge in [0.25, 0.3) is 11.8 Å². The molecule has 2 heterocycles. The van der Waals surface area contributed by atoms with Crippen LogP contribution in [0, 0.1) is 0 Å². The summed E-state index contributed by atoms with van der Waals surface area (Å²) in [5.41, 5.74) is 13.5. The largest absolute Gasteiger partial charge is 0.490 e. The van der Waals surface area contributed by atoms with E-state index in [2.05, 4.69) is 26.0 Å². The van der Waals surface area contributed by atoms with Crippen molar-refractivity contribution < 1.29 is 36.9 Å². The van der Waals surface area contributed by atoms with Crippen molar-refractivity contribution in [2.45, 2.75) is 19.0 Å². The molecule has 0 spiro atoms. The molecule has 2 atom stereocenters. The molecule has 0 bridgehead atoms. The number of amides is 3. The van der Waals surface area contributed by atoms with Crippen LogP contribution in [0.4, 0.5) is 5.13 Å². The summed E-state index contributed by atoms with van der Waals surface area (Å²) in [5.74, 6) is -1.44. The van der Waals surface area contributed by atoms with Crippen LogP contribution < -0.4 is 26.9 Å². The van der Waals surface area contributed by atoms with Gasteiger partial charge in [-0.05, 0) is 31.2 Å². The van der Waals surface area contributed by atoms with Gasteiger partial charge in [0.2, 0.25) is 6.41 Å². The van der Waals surface area contributed by atoms with E-state index >= 15 is 0 Å². The monoisotopic (exact) mass is 588 g/mol. The molecule has 7 N–H and O–H groups in total. The van der Waals surface area contributed by atoms with Gasteiger partial charge < -0.3 is 26.4 Å². The van der Waals surface area contributed by atoms with Gasteiger partial charge in [0.05, 0.1) is 6.04 Å². The summed E-state index contributed by atoms with van der Waals surface area (Å²) in [5, 5.41) is 9.75. The van der Waals surface area contributed by atoms with E-state index in [0.29, 0.717) is 17.7 Å². The van der Waals surface area contributed by atoms with Gasteiger partial charge in [0.1, 0.15) is 28.4 Å². The fraction of sp³-hybridized carbons (Fsp3) is 0.263. The van der Waals surface area contributed by atoms with Gasteiger partial charge in [-0.1, -0.05) is 28.1 Å². The van der Waals surface area contributed by atoms with Crippen molar-refractivity contribution in [2.24, 2.45) is 16.0 Å². The molecule has 19 heteroatoms. The molecule has 0 saturated carbocycles. The highest BCUT2D eigenvalue weighted by Crippen LogP contribution is 2.27. The van der Waals surface area contributed by atoms with Crippen LogP contribution >= 0.6 is 22.9 Å². The molecule has 16 nitrogen and oxygen atoms in total. The van der Waals surface area contributed by atoms with Crippen LogP contribution in [0.5, 0.6) is 5.75 Å². The number of carbonyl (C=O) groups is 3. The molecule has 1 aliphatic rings. The van der Waals surface area contributed by atoms with Gasteiger partial charge in [-0.3, -0.25) is 18.9 Å². The molecule has 0 aliphatic carbocycles. The number of hydrazone groups is 1. The van der Waals surface area contributed by atoms with Crippen LogP contribution in [0.15, 0.2) is 34.5 Å². The second kappa shape index (κ2) is 12.0. The van der Waals surface area contributed by atoms with Gasteiger partial charge in [0.15, 0.2) is 23.3 Å². The van der Waals surface area contributed by atoms with E-state index in [1.165, 1.54) is 6.92 Å². The lowest BCUT2D eigenvalue weighted by atomic mass is 10.0. The zero-order chi connectivity index (χ0) is 28.0. The Morgan fingerprint density at radius 1 is 1.34 bits per heavy atom. The number of ether oxygens (including phenoxy) is 1. The van der Waals surface area contributed by atoms with E-state index in [0.717, 1.165) is 11.3 Å². The van der Waals surface area contributed by atoms with Crippen LogP contribution in [0.3, 0.4) is 0 Å². The highest BCUT2D eigenvalue weighted by molar-refractivity contribution is 7.84. The number of nitrogen functional groups attached to an aromatic ring is 1. The normalized spacial score (nSPS) is 18.0. The van der Waals surface area contributed by atoms with Crippen LogP contribution in [0.2, 0.25) is 4.34 Å². The topological polar surface area (TPSA) is 241 Å². The summed E-state index contributed by atoms with van der Waals surface area (Å²) < 4.78 is 37.5. The average molecular weight is 589 g/mol. The maximum Gasteiger partial charge on any atom is 0.362 e.